The highest BCUT2D eigenvalue weighted by atomic mass is 19.1. The molecule has 2 N–H and O–H groups in total. The van der Waals surface area contributed by atoms with Crippen LogP contribution in [-0.2, 0) is 9.59 Å². The smallest absolute Gasteiger partial charge is 0.230 e. The first-order chi connectivity index (χ1) is 24.1. The molecule has 0 aromatic heterocycles. The molecular weight excluding hydrogens is 650 g/mol. The Labute approximate surface area is 302 Å². The molecular formula is C41H58F2N4O4. The SMILES string of the molecule is C.O=C1N(C2CCC(O)CC2)CC[C@]12CCCN(c1cccc(F)c1)C2.O=C1N(C2CCC(O)CC2)CC[C@]12CCCN(c1cccc(F)c1)C2. The predicted octanol–water partition coefficient (Wildman–Crippen LogP) is 6.53. The molecule has 2 amide bonds. The van der Waals surface area contributed by atoms with Gasteiger partial charge in [0, 0.05) is 62.7 Å². The molecule has 2 aromatic carbocycles. The number of likely N-dealkylation sites (tertiary alicyclic amines) is 2. The molecule has 8 rings (SSSR count). The average Bonchev–Trinajstić information content (AvgIpc) is 3.60. The molecule has 2 aliphatic carbocycles. The number of anilines is 2. The van der Waals surface area contributed by atoms with E-state index < -0.39 is 0 Å². The fourth-order valence-electron chi connectivity index (χ4n) is 9.94. The summed E-state index contributed by atoms with van der Waals surface area (Å²) in [5, 5.41) is 19.4. The number of aliphatic hydroxyl groups is 2. The Balaban J connectivity index is 0.000000172. The quantitative estimate of drug-likeness (QED) is 0.376. The summed E-state index contributed by atoms with van der Waals surface area (Å²) in [4.78, 5) is 35.1. The van der Waals surface area contributed by atoms with Crippen LogP contribution in [0.3, 0.4) is 0 Å². The van der Waals surface area contributed by atoms with Gasteiger partial charge in [0.05, 0.1) is 23.0 Å². The number of aliphatic hydroxyl groups excluding tert-OH is 2. The number of halogens is 2. The van der Waals surface area contributed by atoms with E-state index in [1.54, 1.807) is 24.3 Å². The number of rotatable bonds is 4. The van der Waals surface area contributed by atoms with Crippen LogP contribution in [0.25, 0.3) is 0 Å². The molecule has 2 saturated carbocycles. The van der Waals surface area contributed by atoms with Crippen molar-refractivity contribution in [2.75, 3.05) is 49.1 Å². The van der Waals surface area contributed by atoms with Crippen molar-refractivity contribution in [3.8, 4) is 0 Å². The van der Waals surface area contributed by atoms with Crippen LogP contribution in [0.4, 0.5) is 20.2 Å². The lowest BCUT2D eigenvalue weighted by atomic mass is 9.78. The first-order valence-corrected chi connectivity index (χ1v) is 19.1. The third-order valence-corrected chi connectivity index (χ3v) is 12.8. The number of piperidine rings is 2. The van der Waals surface area contributed by atoms with E-state index in [2.05, 4.69) is 19.6 Å². The normalized spacial score (nSPS) is 32.6. The maximum atomic E-state index is 13.6. The molecule has 8 nitrogen and oxygen atoms in total. The van der Waals surface area contributed by atoms with Crippen molar-refractivity contribution < 1.29 is 28.6 Å². The third-order valence-electron chi connectivity index (χ3n) is 12.8. The summed E-state index contributed by atoms with van der Waals surface area (Å²) in [6.45, 7) is 4.82. The minimum Gasteiger partial charge on any atom is -0.393 e. The lowest BCUT2D eigenvalue weighted by molar-refractivity contribution is -0.140. The molecule has 4 aliphatic heterocycles. The monoisotopic (exact) mass is 708 g/mol. The van der Waals surface area contributed by atoms with Gasteiger partial charge in [-0.25, -0.2) is 8.78 Å². The summed E-state index contributed by atoms with van der Waals surface area (Å²) < 4.78 is 27.2. The molecule has 2 spiro atoms. The van der Waals surface area contributed by atoms with Gasteiger partial charge in [-0.3, -0.25) is 9.59 Å². The van der Waals surface area contributed by atoms with Crippen molar-refractivity contribution >= 4 is 23.2 Å². The van der Waals surface area contributed by atoms with Crippen molar-refractivity contribution in [2.24, 2.45) is 10.8 Å². The standard InChI is InChI=1S/2C20H27FN2O2.CH4/c2*21-15-3-1-4-17(13-15)22-11-2-9-20(14-22)10-12-23(19(20)25)16-5-7-18(24)8-6-16;/h2*1,3-4,13,16,18,24H,2,5-12,14H2;1H4/t2*16?,18?,20-;/m00./s1. The topological polar surface area (TPSA) is 87.6 Å². The Morgan fingerprint density at radius 1 is 0.569 bits per heavy atom. The highest BCUT2D eigenvalue weighted by Crippen LogP contribution is 2.45. The van der Waals surface area contributed by atoms with Crippen molar-refractivity contribution in [1.29, 1.82) is 0 Å². The zero-order chi connectivity index (χ0) is 34.9. The molecule has 51 heavy (non-hydrogen) atoms. The van der Waals surface area contributed by atoms with Crippen LogP contribution >= 0.6 is 0 Å². The molecule has 0 bridgehead atoms. The van der Waals surface area contributed by atoms with Crippen LogP contribution < -0.4 is 9.80 Å². The van der Waals surface area contributed by atoms with Crippen LogP contribution in [-0.4, -0.2) is 95.4 Å². The first-order valence-electron chi connectivity index (χ1n) is 19.1. The summed E-state index contributed by atoms with van der Waals surface area (Å²) in [7, 11) is 0. The Kier molecular flexibility index (Phi) is 11.6. The largest absolute Gasteiger partial charge is 0.393 e. The molecule has 2 aromatic rings. The van der Waals surface area contributed by atoms with Gasteiger partial charge < -0.3 is 29.8 Å². The highest BCUT2D eigenvalue weighted by Gasteiger charge is 2.52. The van der Waals surface area contributed by atoms with E-state index in [4.69, 9.17) is 0 Å². The molecule has 0 unspecified atom stereocenters. The van der Waals surface area contributed by atoms with Gasteiger partial charge in [-0.2, -0.15) is 0 Å². The number of carbonyl (C=O) groups excluding carboxylic acids is 2. The molecule has 4 heterocycles. The number of hydrogen-bond donors (Lipinski definition) is 2. The number of hydrogen-bond acceptors (Lipinski definition) is 6. The van der Waals surface area contributed by atoms with Gasteiger partial charge in [0.1, 0.15) is 11.6 Å². The van der Waals surface area contributed by atoms with E-state index in [0.29, 0.717) is 25.2 Å². The highest BCUT2D eigenvalue weighted by molar-refractivity contribution is 5.87. The maximum Gasteiger partial charge on any atom is 0.230 e. The number of carbonyl (C=O) groups is 2. The van der Waals surface area contributed by atoms with Crippen molar-refractivity contribution in [3.63, 3.8) is 0 Å². The van der Waals surface area contributed by atoms with Crippen LogP contribution in [0.2, 0.25) is 0 Å². The molecule has 10 heteroatoms. The molecule has 2 atom stereocenters. The Bertz CT molecular complexity index is 1400. The Morgan fingerprint density at radius 2 is 0.961 bits per heavy atom. The van der Waals surface area contributed by atoms with Gasteiger partial charge in [0.2, 0.25) is 11.8 Å². The number of nitrogens with zero attached hydrogens (tertiary/aromatic N) is 4. The zero-order valence-electron chi connectivity index (χ0n) is 29.3. The molecule has 6 fully saturated rings. The van der Waals surface area contributed by atoms with Crippen molar-refractivity contribution in [3.05, 3.63) is 60.2 Å². The minimum atomic E-state index is -0.305. The summed E-state index contributed by atoms with van der Waals surface area (Å²) in [6, 6.07) is 14.0. The molecule has 280 valence electrons. The Morgan fingerprint density at radius 3 is 1.33 bits per heavy atom. The van der Waals surface area contributed by atoms with Gasteiger partial charge in [-0.15, -0.1) is 0 Å². The number of benzene rings is 2. The van der Waals surface area contributed by atoms with E-state index in [9.17, 15) is 28.6 Å². The van der Waals surface area contributed by atoms with Crippen LogP contribution in [0.15, 0.2) is 48.5 Å². The average molecular weight is 709 g/mol. The maximum absolute atomic E-state index is 13.6. The second kappa shape index (κ2) is 15.8. The van der Waals surface area contributed by atoms with Gasteiger partial charge in [0.15, 0.2) is 0 Å². The summed E-state index contributed by atoms with van der Waals surface area (Å²) in [5.41, 5.74) is 1.15. The van der Waals surface area contributed by atoms with Gasteiger partial charge in [-0.05, 0) is 126 Å². The molecule has 6 aliphatic rings. The summed E-state index contributed by atoms with van der Waals surface area (Å²) in [6.07, 6.45) is 12.1. The minimum absolute atomic E-state index is 0. The second-order valence-electron chi connectivity index (χ2n) is 16.0. The van der Waals surface area contributed by atoms with Crippen LogP contribution in [0, 0.1) is 22.5 Å². The van der Waals surface area contributed by atoms with E-state index >= 15 is 0 Å². The first kappa shape index (κ1) is 37.5. The van der Waals surface area contributed by atoms with Gasteiger partial charge >= 0.3 is 0 Å². The lowest BCUT2D eigenvalue weighted by Gasteiger charge is -2.41. The lowest BCUT2D eigenvalue weighted by Crippen LogP contribution is -2.50. The third kappa shape index (κ3) is 7.92. The van der Waals surface area contributed by atoms with E-state index in [0.717, 1.165) is 127 Å². The van der Waals surface area contributed by atoms with E-state index in [-0.39, 0.29) is 53.9 Å². The fraction of sp³-hybridized carbons (Fsp3) is 0.659. The van der Waals surface area contributed by atoms with Gasteiger partial charge in [0.25, 0.3) is 0 Å². The van der Waals surface area contributed by atoms with Gasteiger partial charge in [-0.1, -0.05) is 19.6 Å². The second-order valence-corrected chi connectivity index (χ2v) is 16.0. The summed E-state index contributed by atoms with van der Waals surface area (Å²) >= 11 is 0. The van der Waals surface area contributed by atoms with Crippen molar-refractivity contribution in [2.45, 2.75) is 122 Å². The molecule has 0 radical (unpaired) electrons. The van der Waals surface area contributed by atoms with Crippen LogP contribution in [0.1, 0.15) is 97.3 Å². The fourth-order valence-corrected chi connectivity index (χ4v) is 9.94. The Hall–Kier alpha value is -3.24. The van der Waals surface area contributed by atoms with E-state index in [1.165, 1.54) is 12.1 Å². The predicted molar refractivity (Wildman–Crippen MR) is 196 cm³/mol. The van der Waals surface area contributed by atoms with Crippen molar-refractivity contribution in [1.82, 2.24) is 9.80 Å². The summed E-state index contributed by atoms with van der Waals surface area (Å²) in [5.74, 6) is 0.125. The zero-order valence-corrected chi connectivity index (χ0v) is 29.3. The van der Waals surface area contributed by atoms with Crippen LogP contribution in [0.5, 0.6) is 0 Å². The molecule has 4 saturated heterocycles. The number of amides is 2. The van der Waals surface area contributed by atoms with E-state index in [1.807, 2.05) is 12.1 Å².